The monoisotopic (exact) mass is 379 g/mol. The Kier molecular flexibility index (Phi) is 4.57. The lowest BCUT2D eigenvalue weighted by Crippen LogP contribution is -2.22. The minimum Gasteiger partial charge on any atom is -0.361 e. The van der Waals surface area contributed by atoms with Gasteiger partial charge in [0, 0.05) is 43.5 Å². The third-order valence-corrected chi connectivity index (χ3v) is 6.40. The smallest absolute Gasteiger partial charge is 0.143 e. The number of aromatic amines is 1. The molecule has 27 heavy (non-hydrogen) atoms. The number of ether oxygens (including phenoxy) is 1. The van der Waals surface area contributed by atoms with Crippen LogP contribution in [0.2, 0.25) is 25.7 Å². The highest BCUT2D eigenvalue weighted by atomic mass is 28.3. The van der Waals surface area contributed by atoms with Gasteiger partial charge in [0.05, 0.1) is 11.2 Å². The maximum Gasteiger partial charge on any atom is 0.143 e. The van der Waals surface area contributed by atoms with Gasteiger partial charge in [-0.25, -0.2) is 4.98 Å². The van der Waals surface area contributed by atoms with Crippen molar-refractivity contribution in [3.8, 4) is 11.4 Å². The van der Waals surface area contributed by atoms with Gasteiger partial charge < -0.3 is 9.30 Å². The SMILES string of the molecule is Cc1cc(-c2ccc3c4cnccc4n(COCC[Si](C)(C)C)c3n2)n[nH]1. The highest BCUT2D eigenvalue weighted by molar-refractivity contribution is 6.76. The highest BCUT2D eigenvalue weighted by Gasteiger charge is 2.15. The molecule has 0 atom stereocenters. The third-order valence-electron chi connectivity index (χ3n) is 4.69. The van der Waals surface area contributed by atoms with Crippen molar-refractivity contribution in [2.45, 2.75) is 39.3 Å². The Hall–Kier alpha value is -2.51. The molecule has 0 aliphatic rings. The van der Waals surface area contributed by atoms with Crippen molar-refractivity contribution < 1.29 is 4.74 Å². The van der Waals surface area contributed by atoms with E-state index in [-0.39, 0.29) is 0 Å². The Morgan fingerprint density at radius 2 is 1.96 bits per heavy atom. The van der Waals surface area contributed by atoms with Crippen LogP contribution in [0.25, 0.3) is 33.3 Å². The van der Waals surface area contributed by atoms with Crippen molar-refractivity contribution in [3.63, 3.8) is 0 Å². The number of aromatic nitrogens is 5. The average molecular weight is 380 g/mol. The fraction of sp³-hybridized carbons (Fsp3) is 0.350. The predicted octanol–water partition coefficient (Wildman–Crippen LogP) is 4.60. The molecule has 4 aromatic rings. The number of fused-ring (bicyclic) bond motifs is 3. The molecule has 0 amide bonds. The van der Waals surface area contributed by atoms with Crippen LogP contribution in [0.1, 0.15) is 5.69 Å². The molecule has 0 fully saturated rings. The summed E-state index contributed by atoms with van der Waals surface area (Å²) >= 11 is 0. The normalized spacial score (nSPS) is 12.3. The van der Waals surface area contributed by atoms with Gasteiger partial charge in [-0.1, -0.05) is 19.6 Å². The average Bonchev–Trinajstić information content (AvgIpc) is 3.19. The summed E-state index contributed by atoms with van der Waals surface area (Å²) in [4.78, 5) is 9.20. The summed E-state index contributed by atoms with van der Waals surface area (Å²) in [5.41, 5.74) is 4.72. The van der Waals surface area contributed by atoms with E-state index in [1.807, 2.05) is 37.5 Å². The summed E-state index contributed by atoms with van der Waals surface area (Å²) in [5, 5.41) is 9.51. The zero-order valence-electron chi connectivity index (χ0n) is 16.3. The summed E-state index contributed by atoms with van der Waals surface area (Å²) in [6, 6.07) is 9.30. The maximum atomic E-state index is 6.04. The fourth-order valence-corrected chi connectivity index (χ4v) is 3.92. The third kappa shape index (κ3) is 3.65. The zero-order valence-corrected chi connectivity index (χ0v) is 17.3. The number of hydrogen-bond donors (Lipinski definition) is 1. The van der Waals surface area contributed by atoms with E-state index in [9.17, 15) is 0 Å². The predicted molar refractivity (Wildman–Crippen MR) is 111 cm³/mol. The lowest BCUT2D eigenvalue weighted by Gasteiger charge is -2.16. The van der Waals surface area contributed by atoms with Crippen LogP contribution in [0.4, 0.5) is 0 Å². The first-order valence-corrected chi connectivity index (χ1v) is 13.0. The second-order valence-electron chi connectivity index (χ2n) is 8.17. The van der Waals surface area contributed by atoms with Gasteiger partial charge in [-0.3, -0.25) is 10.1 Å². The summed E-state index contributed by atoms with van der Waals surface area (Å²) in [5.74, 6) is 0. The molecule has 1 N–H and O–H groups in total. The number of pyridine rings is 2. The minimum absolute atomic E-state index is 0.491. The van der Waals surface area contributed by atoms with Gasteiger partial charge in [-0.2, -0.15) is 5.10 Å². The first kappa shape index (κ1) is 17.9. The lowest BCUT2D eigenvalue weighted by molar-refractivity contribution is 0.0926. The van der Waals surface area contributed by atoms with E-state index in [0.29, 0.717) is 6.73 Å². The first-order valence-electron chi connectivity index (χ1n) is 9.25. The molecule has 4 aromatic heterocycles. The number of rotatable bonds is 6. The van der Waals surface area contributed by atoms with E-state index in [1.54, 1.807) is 0 Å². The Balaban J connectivity index is 1.74. The Morgan fingerprint density at radius 3 is 2.70 bits per heavy atom. The van der Waals surface area contributed by atoms with E-state index < -0.39 is 8.07 Å². The second-order valence-corrected chi connectivity index (χ2v) is 13.8. The number of nitrogens with zero attached hydrogens (tertiary/aromatic N) is 4. The largest absolute Gasteiger partial charge is 0.361 e. The molecule has 6 nitrogen and oxygen atoms in total. The van der Waals surface area contributed by atoms with Crippen molar-refractivity contribution in [2.24, 2.45) is 0 Å². The van der Waals surface area contributed by atoms with Gasteiger partial charge in [0.1, 0.15) is 18.1 Å². The van der Waals surface area contributed by atoms with Crippen LogP contribution in [0.5, 0.6) is 0 Å². The number of nitrogens with one attached hydrogen (secondary N) is 1. The van der Waals surface area contributed by atoms with Gasteiger partial charge >= 0.3 is 0 Å². The molecule has 0 spiro atoms. The number of H-pyrrole nitrogens is 1. The Labute approximate surface area is 159 Å². The molecule has 0 radical (unpaired) electrons. The maximum absolute atomic E-state index is 6.04. The molecule has 7 heteroatoms. The van der Waals surface area contributed by atoms with E-state index in [0.717, 1.165) is 51.7 Å². The van der Waals surface area contributed by atoms with Gasteiger partial charge in [0.15, 0.2) is 0 Å². The number of hydrogen-bond acceptors (Lipinski definition) is 4. The van der Waals surface area contributed by atoms with Crippen molar-refractivity contribution >= 4 is 30.0 Å². The molecule has 0 unspecified atom stereocenters. The van der Waals surface area contributed by atoms with Crippen molar-refractivity contribution in [1.82, 2.24) is 24.7 Å². The van der Waals surface area contributed by atoms with E-state index >= 15 is 0 Å². The van der Waals surface area contributed by atoms with Gasteiger partial charge in [0.25, 0.3) is 0 Å². The second kappa shape index (κ2) is 6.90. The van der Waals surface area contributed by atoms with E-state index in [2.05, 4.69) is 45.5 Å². The summed E-state index contributed by atoms with van der Waals surface area (Å²) in [6.07, 6.45) is 3.72. The van der Waals surface area contributed by atoms with Crippen LogP contribution in [-0.2, 0) is 11.5 Å². The Morgan fingerprint density at radius 1 is 1.11 bits per heavy atom. The van der Waals surface area contributed by atoms with E-state index in [1.165, 1.54) is 0 Å². The first-order chi connectivity index (χ1) is 12.9. The quantitative estimate of drug-likeness (QED) is 0.393. The molecular weight excluding hydrogens is 354 g/mol. The number of aryl methyl sites for hydroxylation is 1. The molecule has 0 saturated heterocycles. The van der Waals surface area contributed by atoms with Crippen molar-refractivity contribution in [2.75, 3.05) is 6.61 Å². The van der Waals surface area contributed by atoms with Crippen LogP contribution >= 0.6 is 0 Å². The standard InChI is InChI=1S/C20H25N5OSi/c1-14-11-18(24-23-14)17-6-5-15-16-12-21-8-7-19(16)25(20(15)22-17)13-26-9-10-27(2,3)4/h5-8,11-12H,9-10,13H2,1-4H3,(H,23,24). The molecule has 0 aliphatic heterocycles. The Bertz CT molecular complexity index is 1090. The highest BCUT2D eigenvalue weighted by Crippen LogP contribution is 2.29. The summed E-state index contributed by atoms with van der Waals surface area (Å²) in [7, 11) is -1.11. The summed E-state index contributed by atoms with van der Waals surface area (Å²) in [6.45, 7) is 10.3. The molecule has 0 aliphatic carbocycles. The molecule has 140 valence electrons. The van der Waals surface area contributed by atoms with Crippen LogP contribution in [-0.4, -0.2) is 39.4 Å². The molecule has 4 heterocycles. The van der Waals surface area contributed by atoms with Crippen LogP contribution in [0.15, 0.2) is 36.7 Å². The van der Waals surface area contributed by atoms with Crippen molar-refractivity contribution in [1.29, 1.82) is 0 Å². The van der Waals surface area contributed by atoms with E-state index in [4.69, 9.17) is 9.72 Å². The zero-order chi connectivity index (χ0) is 19.0. The molecule has 4 rings (SSSR count). The van der Waals surface area contributed by atoms with Crippen molar-refractivity contribution in [3.05, 3.63) is 42.4 Å². The van der Waals surface area contributed by atoms with Gasteiger partial charge in [-0.15, -0.1) is 0 Å². The van der Waals surface area contributed by atoms with Gasteiger partial charge in [-0.05, 0) is 37.2 Å². The topological polar surface area (TPSA) is 68.6 Å². The van der Waals surface area contributed by atoms with Gasteiger partial charge in [0.2, 0.25) is 0 Å². The minimum atomic E-state index is -1.11. The molecule has 0 aromatic carbocycles. The van der Waals surface area contributed by atoms with Crippen LogP contribution in [0, 0.1) is 6.92 Å². The lowest BCUT2D eigenvalue weighted by atomic mass is 10.2. The van der Waals surface area contributed by atoms with Crippen LogP contribution < -0.4 is 0 Å². The fourth-order valence-electron chi connectivity index (χ4n) is 3.17. The van der Waals surface area contributed by atoms with Crippen LogP contribution in [0.3, 0.4) is 0 Å². The molecule has 0 bridgehead atoms. The molecule has 0 saturated carbocycles. The summed E-state index contributed by atoms with van der Waals surface area (Å²) < 4.78 is 8.17. The molecular formula is C20H25N5OSi.